The summed E-state index contributed by atoms with van der Waals surface area (Å²) in [6.07, 6.45) is 4.65. The van der Waals surface area contributed by atoms with Gasteiger partial charge in [-0.1, -0.05) is 0 Å². The first-order valence-electron chi connectivity index (χ1n) is 3.99. The van der Waals surface area contributed by atoms with Crippen molar-refractivity contribution in [3.8, 4) is 0 Å². The zero-order valence-electron chi connectivity index (χ0n) is 7.80. The molecule has 14 heavy (non-hydrogen) atoms. The van der Waals surface area contributed by atoms with Gasteiger partial charge in [0.1, 0.15) is 0 Å². The molecule has 0 saturated heterocycles. The van der Waals surface area contributed by atoms with Crippen LogP contribution in [-0.2, 0) is 9.84 Å². The predicted molar refractivity (Wildman–Crippen MR) is 59.1 cm³/mol. The summed E-state index contributed by atoms with van der Waals surface area (Å²) in [7, 11) is -3.24. The lowest BCUT2D eigenvalue weighted by molar-refractivity contribution is 0.598. The van der Waals surface area contributed by atoms with Crippen molar-refractivity contribution in [1.82, 2.24) is 4.98 Å². The van der Waals surface area contributed by atoms with E-state index >= 15 is 0 Å². The Hall–Kier alpha value is -0.750. The van der Waals surface area contributed by atoms with Gasteiger partial charge in [0.05, 0.1) is 22.5 Å². The van der Waals surface area contributed by atoms with Crippen molar-refractivity contribution in [2.45, 2.75) is 4.90 Å². The first-order valence-corrected chi connectivity index (χ1v) is 7.03. The van der Waals surface area contributed by atoms with Crippen molar-refractivity contribution in [2.24, 2.45) is 0 Å². The Bertz CT molecular complexity index is 404. The smallest absolute Gasteiger partial charge is 0.181 e. The molecule has 1 heterocycles. The van der Waals surface area contributed by atoms with Crippen LogP contribution in [0, 0.1) is 0 Å². The van der Waals surface area contributed by atoms with Crippen LogP contribution < -0.4 is 5.73 Å². The third kappa shape index (κ3) is 2.62. The van der Waals surface area contributed by atoms with Gasteiger partial charge in [-0.05, 0) is 12.3 Å². The summed E-state index contributed by atoms with van der Waals surface area (Å²) in [6.45, 7) is 0. The molecule has 0 aromatic carbocycles. The minimum absolute atomic E-state index is 0.113. The molecule has 0 bridgehead atoms. The Morgan fingerprint density at radius 1 is 1.57 bits per heavy atom. The fraction of sp³-hybridized carbons (Fsp3) is 0.375. The highest BCUT2D eigenvalue weighted by Gasteiger charge is 2.16. The number of nitrogen functional groups attached to an aromatic ring is 1. The average Bonchev–Trinajstić information content (AvgIpc) is 2.15. The number of anilines is 1. The third-order valence-corrected chi connectivity index (χ3v) is 4.36. The average molecular weight is 232 g/mol. The van der Waals surface area contributed by atoms with Crippen molar-refractivity contribution in [1.29, 1.82) is 0 Å². The normalized spacial score (nSPS) is 11.5. The lowest BCUT2D eigenvalue weighted by Gasteiger charge is -2.05. The van der Waals surface area contributed by atoms with Crippen molar-refractivity contribution < 1.29 is 8.42 Å². The first kappa shape index (κ1) is 11.3. The molecule has 1 rings (SSSR count). The molecule has 1 aromatic heterocycles. The van der Waals surface area contributed by atoms with E-state index in [1.165, 1.54) is 30.2 Å². The van der Waals surface area contributed by atoms with Gasteiger partial charge < -0.3 is 5.73 Å². The largest absolute Gasteiger partial charge is 0.396 e. The summed E-state index contributed by atoms with van der Waals surface area (Å²) >= 11 is 1.49. The van der Waals surface area contributed by atoms with Gasteiger partial charge in [0.2, 0.25) is 0 Å². The van der Waals surface area contributed by atoms with Gasteiger partial charge in [-0.2, -0.15) is 11.8 Å². The van der Waals surface area contributed by atoms with Crippen LogP contribution in [-0.4, -0.2) is 31.2 Å². The number of aromatic nitrogens is 1. The second-order valence-electron chi connectivity index (χ2n) is 2.73. The molecule has 6 heteroatoms. The Morgan fingerprint density at radius 2 is 2.29 bits per heavy atom. The van der Waals surface area contributed by atoms with Crippen LogP contribution in [0.25, 0.3) is 0 Å². The summed E-state index contributed by atoms with van der Waals surface area (Å²) in [5.41, 5.74) is 5.75. The van der Waals surface area contributed by atoms with Gasteiger partial charge in [-0.25, -0.2) is 8.42 Å². The van der Waals surface area contributed by atoms with Gasteiger partial charge in [0.25, 0.3) is 0 Å². The van der Waals surface area contributed by atoms with Crippen LogP contribution in [0.3, 0.4) is 0 Å². The van der Waals surface area contributed by atoms with Crippen LogP contribution in [0.5, 0.6) is 0 Å². The number of hydrogen-bond acceptors (Lipinski definition) is 5. The van der Waals surface area contributed by atoms with Gasteiger partial charge >= 0.3 is 0 Å². The molecule has 1 aromatic rings. The van der Waals surface area contributed by atoms with Crippen molar-refractivity contribution in [2.75, 3.05) is 23.5 Å². The molecule has 2 N–H and O–H groups in total. The number of hydrogen-bond donors (Lipinski definition) is 1. The minimum Gasteiger partial charge on any atom is -0.396 e. The lowest BCUT2D eigenvalue weighted by atomic mass is 10.4. The molecule has 78 valence electrons. The highest BCUT2D eigenvalue weighted by Crippen LogP contribution is 2.18. The van der Waals surface area contributed by atoms with Crippen LogP contribution in [0.1, 0.15) is 0 Å². The molecule has 0 saturated carbocycles. The Morgan fingerprint density at radius 3 is 2.86 bits per heavy atom. The van der Waals surface area contributed by atoms with Gasteiger partial charge in [-0.15, -0.1) is 0 Å². The van der Waals surface area contributed by atoms with Crippen molar-refractivity contribution >= 4 is 27.3 Å². The van der Waals surface area contributed by atoms with Gasteiger partial charge in [-0.3, -0.25) is 4.98 Å². The molecule has 0 radical (unpaired) electrons. The molecular formula is C8H12N2O2S2. The van der Waals surface area contributed by atoms with Gasteiger partial charge in [0, 0.05) is 11.9 Å². The highest BCUT2D eigenvalue weighted by molar-refractivity contribution is 8.00. The molecule has 0 spiro atoms. The van der Waals surface area contributed by atoms with E-state index in [1.54, 1.807) is 0 Å². The number of sulfone groups is 1. The molecule has 4 nitrogen and oxygen atoms in total. The quantitative estimate of drug-likeness (QED) is 0.831. The fourth-order valence-electron chi connectivity index (χ4n) is 0.980. The second kappa shape index (κ2) is 4.65. The zero-order valence-corrected chi connectivity index (χ0v) is 9.44. The minimum atomic E-state index is -3.24. The maximum absolute atomic E-state index is 11.7. The summed E-state index contributed by atoms with van der Waals surface area (Å²) in [4.78, 5) is 3.93. The summed E-state index contributed by atoms with van der Waals surface area (Å²) in [5, 5.41) is 0. The Labute approximate surface area is 87.8 Å². The third-order valence-electron chi connectivity index (χ3n) is 1.70. The SMILES string of the molecule is CSCCS(=O)(=O)c1ccncc1N. The zero-order chi connectivity index (χ0) is 10.6. The fourth-order valence-corrected chi connectivity index (χ4v) is 3.42. The van der Waals surface area contributed by atoms with E-state index in [1.807, 2.05) is 6.26 Å². The predicted octanol–water partition coefficient (Wildman–Crippen LogP) is 0.800. The Balaban J connectivity index is 2.99. The summed E-state index contributed by atoms with van der Waals surface area (Å²) in [5.74, 6) is 0.687. The lowest BCUT2D eigenvalue weighted by Crippen LogP contribution is -2.11. The van der Waals surface area contributed by atoms with E-state index in [0.29, 0.717) is 5.75 Å². The standard InChI is InChI=1S/C8H12N2O2S2/c1-13-4-5-14(11,12)8-2-3-10-6-7(8)9/h2-3,6H,4-5,9H2,1H3. The number of nitrogens with two attached hydrogens (primary N) is 1. The van der Waals surface area contributed by atoms with E-state index in [-0.39, 0.29) is 16.3 Å². The number of thioether (sulfide) groups is 1. The van der Waals surface area contributed by atoms with Crippen molar-refractivity contribution in [3.63, 3.8) is 0 Å². The number of rotatable bonds is 4. The van der Waals surface area contributed by atoms with E-state index < -0.39 is 9.84 Å². The molecule has 0 aliphatic carbocycles. The van der Waals surface area contributed by atoms with E-state index in [9.17, 15) is 8.42 Å². The monoisotopic (exact) mass is 232 g/mol. The van der Waals surface area contributed by atoms with Crippen LogP contribution in [0.15, 0.2) is 23.4 Å². The topological polar surface area (TPSA) is 73.0 Å². The van der Waals surface area contributed by atoms with Crippen molar-refractivity contribution in [3.05, 3.63) is 18.5 Å². The molecule has 0 fully saturated rings. The van der Waals surface area contributed by atoms with E-state index in [4.69, 9.17) is 5.73 Å². The number of nitrogens with zero attached hydrogens (tertiary/aromatic N) is 1. The molecular weight excluding hydrogens is 220 g/mol. The molecule has 0 atom stereocenters. The number of pyridine rings is 1. The highest BCUT2D eigenvalue weighted by atomic mass is 32.2. The van der Waals surface area contributed by atoms with E-state index in [2.05, 4.69) is 4.98 Å². The summed E-state index contributed by atoms with van der Waals surface area (Å²) in [6, 6.07) is 1.44. The summed E-state index contributed by atoms with van der Waals surface area (Å²) < 4.78 is 23.4. The molecule has 0 unspecified atom stereocenters. The van der Waals surface area contributed by atoms with Crippen LogP contribution in [0.4, 0.5) is 5.69 Å². The van der Waals surface area contributed by atoms with E-state index in [0.717, 1.165) is 0 Å². The molecule has 0 aliphatic rings. The maximum Gasteiger partial charge on any atom is 0.181 e. The maximum atomic E-state index is 11.7. The van der Waals surface area contributed by atoms with Crippen LogP contribution >= 0.6 is 11.8 Å². The Kier molecular flexibility index (Phi) is 3.77. The van der Waals surface area contributed by atoms with Crippen LogP contribution in [0.2, 0.25) is 0 Å². The molecule has 0 aliphatic heterocycles. The first-order chi connectivity index (χ1) is 6.58. The second-order valence-corrected chi connectivity index (χ2v) is 5.79. The molecule has 0 amide bonds. The van der Waals surface area contributed by atoms with Gasteiger partial charge in [0.15, 0.2) is 9.84 Å².